The van der Waals surface area contributed by atoms with Crippen molar-refractivity contribution < 1.29 is 28.2 Å². The monoisotopic (exact) mass is 642 g/mol. The third-order valence-corrected chi connectivity index (χ3v) is 8.08. The van der Waals surface area contributed by atoms with Crippen LogP contribution in [-0.2, 0) is 4.74 Å². The highest BCUT2D eigenvalue weighted by molar-refractivity contribution is 6.43. The number of aromatic nitrogens is 2. The second-order valence-corrected chi connectivity index (χ2v) is 12.3. The molecule has 2 amide bonds. The third kappa shape index (κ3) is 6.01. The summed E-state index contributed by atoms with van der Waals surface area (Å²) >= 11 is 12.7. The Morgan fingerprint density at radius 1 is 1.14 bits per heavy atom. The molecule has 2 aromatic heterocycles. The van der Waals surface area contributed by atoms with Crippen LogP contribution >= 0.6 is 23.2 Å². The zero-order valence-electron chi connectivity index (χ0n) is 25.3. The number of hydrogen-bond donors (Lipinski definition) is 0. The number of likely N-dealkylation sites (N-methyl/N-ethyl adjacent to an activating group) is 1. The molecule has 1 aliphatic heterocycles. The van der Waals surface area contributed by atoms with E-state index in [1.807, 2.05) is 0 Å². The Labute approximate surface area is 265 Å². The average Bonchev–Trinajstić information content (AvgIpc) is 3.58. The smallest absolute Gasteiger partial charge is 0.410 e. The van der Waals surface area contributed by atoms with Crippen LogP contribution < -0.4 is 9.47 Å². The number of ether oxygens (including phenoxy) is 3. The number of rotatable bonds is 7. The van der Waals surface area contributed by atoms with Crippen molar-refractivity contribution in [1.82, 2.24) is 19.2 Å². The van der Waals surface area contributed by atoms with E-state index in [0.717, 1.165) is 0 Å². The maximum absolute atomic E-state index is 14.7. The minimum atomic E-state index is -0.688. The van der Waals surface area contributed by atoms with Crippen LogP contribution in [0.3, 0.4) is 0 Å². The van der Waals surface area contributed by atoms with E-state index in [9.17, 15) is 14.0 Å². The zero-order valence-corrected chi connectivity index (χ0v) is 26.8. The summed E-state index contributed by atoms with van der Waals surface area (Å²) in [4.78, 5) is 35.2. The van der Waals surface area contributed by atoms with Crippen molar-refractivity contribution in [3.05, 3.63) is 81.2 Å². The number of carbonyl (C=O) groups is 2. The molecule has 12 heteroatoms. The van der Waals surface area contributed by atoms with Crippen LogP contribution in [0.2, 0.25) is 10.0 Å². The summed E-state index contributed by atoms with van der Waals surface area (Å²) in [6.07, 6.45) is -0.525. The number of hydrogen-bond acceptors (Lipinski definition) is 6. The lowest BCUT2D eigenvalue weighted by Crippen LogP contribution is -2.43. The first kappa shape index (κ1) is 31.4. The molecular formula is C32H33Cl2FN4O5. The Hall–Kier alpha value is -4.02. The summed E-state index contributed by atoms with van der Waals surface area (Å²) < 4.78 is 33.2. The molecule has 0 fully saturated rings. The highest BCUT2D eigenvalue weighted by Gasteiger charge is 2.37. The number of benzene rings is 2. The van der Waals surface area contributed by atoms with Gasteiger partial charge in [0, 0.05) is 31.3 Å². The third-order valence-electron chi connectivity index (χ3n) is 7.29. The van der Waals surface area contributed by atoms with Crippen LogP contribution in [0.5, 0.6) is 11.6 Å². The van der Waals surface area contributed by atoms with Gasteiger partial charge >= 0.3 is 6.09 Å². The number of halogens is 3. The van der Waals surface area contributed by atoms with Crippen molar-refractivity contribution in [2.24, 2.45) is 0 Å². The van der Waals surface area contributed by atoms with Gasteiger partial charge in [-0.05, 0) is 69.7 Å². The highest BCUT2D eigenvalue weighted by Crippen LogP contribution is 2.45. The largest absolute Gasteiger partial charge is 0.489 e. The SMILES string of the molecule is COc1cccc2nc(C(=O)N(CCN(C)C(=O)OC(C)(C)C)C3COc4c3ccc(Cl)c4Cl)c(-c3ccc(F)c(C)c3)n12. The molecule has 1 unspecified atom stereocenters. The fourth-order valence-electron chi connectivity index (χ4n) is 5.12. The number of pyridine rings is 1. The summed E-state index contributed by atoms with van der Waals surface area (Å²) in [6.45, 7) is 7.37. The summed E-state index contributed by atoms with van der Waals surface area (Å²) in [5.41, 5.74) is 1.99. The van der Waals surface area contributed by atoms with E-state index in [-0.39, 0.29) is 36.2 Å². The Balaban J connectivity index is 1.62. The van der Waals surface area contributed by atoms with Gasteiger partial charge in [0.25, 0.3) is 5.91 Å². The second kappa shape index (κ2) is 12.2. The summed E-state index contributed by atoms with van der Waals surface area (Å²) in [5.74, 6) is 0.0361. The molecule has 0 aliphatic carbocycles. The minimum Gasteiger partial charge on any atom is -0.489 e. The lowest BCUT2D eigenvalue weighted by Gasteiger charge is -2.31. The Morgan fingerprint density at radius 2 is 1.89 bits per heavy atom. The van der Waals surface area contributed by atoms with Gasteiger partial charge in [-0.2, -0.15) is 0 Å². The number of aryl methyl sites for hydroxylation is 1. The standard InChI is InChI=1S/C32H33Cl2FN4O5/c1-18-16-19(10-13-22(18)35)28-27(36-24-8-7-9-25(42-6)39(24)28)30(40)38(15-14-37(5)31(41)44-32(2,3)4)23-17-43-29-20(23)11-12-21(33)26(29)34/h7-13,16,23H,14-15,17H2,1-6H3. The van der Waals surface area contributed by atoms with Crippen LogP contribution in [0.1, 0.15) is 48.4 Å². The maximum atomic E-state index is 14.7. The first-order valence-corrected chi connectivity index (χ1v) is 14.7. The van der Waals surface area contributed by atoms with E-state index in [2.05, 4.69) is 0 Å². The second-order valence-electron chi connectivity index (χ2n) is 11.5. The number of nitrogens with zero attached hydrogens (tertiary/aromatic N) is 4. The lowest BCUT2D eigenvalue weighted by molar-refractivity contribution is 0.0262. The van der Waals surface area contributed by atoms with E-state index < -0.39 is 23.6 Å². The molecule has 0 bridgehead atoms. The molecule has 0 saturated carbocycles. The lowest BCUT2D eigenvalue weighted by atomic mass is 10.0. The summed E-state index contributed by atoms with van der Waals surface area (Å²) in [7, 11) is 3.13. The number of amides is 2. The van der Waals surface area contributed by atoms with Crippen molar-refractivity contribution in [3.63, 3.8) is 0 Å². The van der Waals surface area contributed by atoms with Gasteiger partial charge < -0.3 is 24.0 Å². The van der Waals surface area contributed by atoms with Crippen molar-refractivity contribution in [1.29, 1.82) is 0 Å². The summed E-state index contributed by atoms with van der Waals surface area (Å²) in [6, 6.07) is 12.8. The molecule has 1 aliphatic rings. The van der Waals surface area contributed by atoms with Gasteiger partial charge in [-0.25, -0.2) is 14.2 Å². The van der Waals surface area contributed by atoms with Gasteiger partial charge in [0.05, 0.1) is 23.9 Å². The van der Waals surface area contributed by atoms with Crippen molar-refractivity contribution in [3.8, 4) is 22.9 Å². The number of carbonyl (C=O) groups excluding carboxylic acids is 2. The van der Waals surface area contributed by atoms with Crippen LogP contribution in [0, 0.1) is 12.7 Å². The number of imidazole rings is 1. The van der Waals surface area contributed by atoms with Gasteiger partial charge in [0.1, 0.15) is 34.4 Å². The quantitative estimate of drug-likeness (QED) is 0.212. The Morgan fingerprint density at radius 3 is 2.57 bits per heavy atom. The van der Waals surface area contributed by atoms with Gasteiger partial charge in [-0.3, -0.25) is 9.20 Å². The van der Waals surface area contributed by atoms with Crippen LogP contribution in [0.15, 0.2) is 48.5 Å². The van der Waals surface area contributed by atoms with E-state index in [1.54, 1.807) is 86.5 Å². The highest BCUT2D eigenvalue weighted by atomic mass is 35.5. The molecule has 4 aromatic rings. The Kier molecular flexibility index (Phi) is 8.68. The van der Waals surface area contributed by atoms with Crippen molar-refractivity contribution in [2.45, 2.75) is 39.3 Å². The normalized spacial score (nSPS) is 14.2. The van der Waals surface area contributed by atoms with Crippen molar-refractivity contribution in [2.75, 3.05) is 33.9 Å². The zero-order chi connectivity index (χ0) is 31.9. The molecule has 0 saturated heterocycles. The summed E-state index contributed by atoms with van der Waals surface area (Å²) in [5, 5.41) is 0.583. The minimum absolute atomic E-state index is 0.106. The molecule has 44 heavy (non-hydrogen) atoms. The van der Waals surface area contributed by atoms with Gasteiger partial charge in [0.15, 0.2) is 11.6 Å². The van der Waals surface area contributed by atoms with E-state index in [4.69, 9.17) is 42.4 Å². The van der Waals surface area contributed by atoms with Gasteiger partial charge in [-0.1, -0.05) is 35.3 Å². The predicted octanol–water partition coefficient (Wildman–Crippen LogP) is 7.21. The first-order chi connectivity index (χ1) is 20.8. The van der Waals surface area contributed by atoms with Crippen LogP contribution in [-0.4, -0.2) is 70.6 Å². The predicted molar refractivity (Wildman–Crippen MR) is 166 cm³/mol. The fourth-order valence-corrected chi connectivity index (χ4v) is 5.50. The van der Waals surface area contributed by atoms with E-state index in [1.165, 1.54) is 18.1 Å². The molecular weight excluding hydrogens is 610 g/mol. The molecule has 0 N–H and O–H groups in total. The van der Waals surface area contributed by atoms with E-state index >= 15 is 0 Å². The van der Waals surface area contributed by atoms with E-state index in [0.29, 0.717) is 44.7 Å². The topological polar surface area (TPSA) is 85.6 Å². The number of methoxy groups -OCH3 is 1. The Bertz CT molecular complexity index is 1750. The molecule has 1 atom stereocenters. The van der Waals surface area contributed by atoms with Crippen molar-refractivity contribution >= 4 is 40.8 Å². The molecule has 2 aromatic carbocycles. The van der Waals surface area contributed by atoms with Gasteiger partial charge in [0.2, 0.25) is 0 Å². The molecule has 232 valence electrons. The molecule has 9 nitrogen and oxygen atoms in total. The first-order valence-electron chi connectivity index (χ1n) is 14.0. The fraction of sp³-hybridized carbons (Fsp3) is 0.344. The van der Waals surface area contributed by atoms with Gasteiger partial charge in [-0.15, -0.1) is 0 Å². The molecule has 0 spiro atoms. The molecule has 5 rings (SSSR count). The maximum Gasteiger partial charge on any atom is 0.410 e. The molecule has 0 radical (unpaired) electrons. The average molecular weight is 644 g/mol. The molecule has 3 heterocycles. The number of fused-ring (bicyclic) bond motifs is 2. The van der Waals surface area contributed by atoms with Crippen LogP contribution in [0.25, 0.3) is 16.9 Å². The van der Waals surface area contributed by atoms with Crippen LogP contribution in [0.4, 0.5) is 9.18 Å².